The average molecular weight is 348 g/mol. The van der Waals surface area contributed by atoms with Crippen molar-refractivity contribution in [2.75, 3.05) is 0 Å². The molecule has 1 aliphatic heterocycles. The maximum absolute atomic E-state index is 10.8. The fourth-order valence-electron chi connectivity index (χ4n) is 2.69. The molecule has 0 radical (unpaired) electrons. The van der Waals surface area contributed by atoms with E-state index in [4.69, 9.17) is 4.74 Å². The fourth-order valence-corrected chi connectivity index (χ4v) is 3.07. The van der Waals surface area contributed by atoms with Crippen molar-refractivity contribution < 1.29 is 9.66 Å². The molecule has 0 aromatic heterocycles. The van der Waals surface area contributed by atoms with Crippen LogP contribution in [-0.4, -0.2) is 11.0 Å². The minimum absolute atomic E-state index is 0.0945. The molecule has 2 unspecified atom stereocenters. The number of benzene rings is 2. The van der Waals surface area contributed by atoms with Crippen LogP contribution in [0, 0.1) is 10.1 Å². The van der Waals surface area contributed by atoms with Crippen LogP contribution in [0.4, 0.5) is 5.69 Å². The molecule has 2 aromatic carbocycles. The van der Waals surface area contributed by atoms with Crippen molar-refractivity contribution in [3.05, 3.63) is 73.7 Å². The van der Waals surface area contributed by atoms with Crippen LogP contribution in [0.25, 0.3) is 0 Å². The number of non-ortho nitro benzene ring substituents is 1. The van der Waals surface area contributed by atoms with Crippen LogP contribution < -0.4 is 0 Å². The number of nitro benzene ring substituents is 1. The van der Waals surface area contributed by atoms with Gasteiger partial charge in [-0.2, -0.15) is 0 Å². The monoisotopic (exact) mass is 347 g/mol. The highest BCUT2D eigenvalue weighted by atomic mass is 79.9. The average Bonchev–Trinajstić information content (AvgIpc) is 2.47. The van der Waals surface area contributed by atoms with E-state index in [-0.39, 0.29) is 17.9 Å². The number of nitrogens with zero attached hydrogens (tertiary/aromatic N) is 1. The molecule has 0 spiro atoms. The summed E-state index contributed by atoms with van der Waals surface area (Å²) in [4.78, 5) is 10.4. The zero-order chi connectivity index (χ0) is 15.0. The Morgan fingerprint density at radius 1 is 1.24 bits per heavy atom. The van der Waals surface area contributed by atoms with Gasteiger partial charge in [-0.05, 0) is 54.3 Å². The molecular formula is C16H14BrNO3. The van der Waals surface area contributed by atoms with Gasteiger partial charge < -0.3 is 4.74 Å². The summed E-state index contributed by atoms with van der Waals surface area (Å²) >= 11 is 3.49. The molecule has 0 N–H and O–H groups in total. The number of nitro groups is 1. The Bertz CT molecular complexity index is 684. The Labute approximate surface area is 131 Å². The van der Waals surface area contributed by atoms with Crippen molar-refractivity contribution >= 4 is 21.6 Å². The number of halogens is 1. The summed E-state index contributed by atoms with van der Waals surface area (Å²) in [6, 6.07) is 12.8. The predicted octanol–water partition coefficient (Wildman–Crippen LogP) is 4.41. The highest BCUT2D eigenvalue weighted by molar-refractivity contribution is 9.10. The molecular weight excluding hydrogens is 334 g/mol. The van der Waals surface area contributed by atoms with E-state index in [1.807, 2.05) is 13.0 Å². The van der Waals surface area contributed by atoms with E-state index >= 15 is 0 Å². The van der Waals surface area contributed by atoms with Crippen LogP contribution in [-0.2, 0) is 11.2 Å². The van der Waals surface area contributed by atoms with Gasteiger partial charge in [-0.25, -0.2) is 0 Å². The molecule has 21 heavy (non-hydrogen) atoms. The first-order valence-corrected chi connectivity index (χ1v) is 7.52. The van der Waals surface area contributed by atoms with Gasteiger partial charge in [-0.15, -0.1) is 0 Å². The lowest BCUT2D eigenvalue weighted by atomic mass is 9.91. The molecule has 1 aliphatic rings. The van der Waals surface area contributed by atoms with E-state index < -0.39 is 4.92 Å². The second-order valence-corrected chi connectivity index (χ2v) is 6.14. The summed E-state index contributed by atoms with van der Waals surface area (Å²) in [7, 11) is 0. The van der Waals surface area contributed by atoms with Crippen molar-refractivity contribution in [2.45, 2.75) is 25.6 Å². The van der Waals surface area contributed by atoms with Gasteiger partial charge in [0.1, 0.15) is 6.10 Å². The Hall–Kier alpha value is -1.72. The van der Waals surface area contributed by atoms with Crippen LogP contribution in [0.15, 0.2) is 46.9 Å². The van der Waals surface area contributed by atoms with E-state index in [0.717, 1.165) is 22.0 Å². The predicted molar refractivity (Wildman–Crippen MR) is 83.3 cm³/mol. The van der Waals surface area contributed by atoms with Crippen molar-refractivity contribution in [1.29, 1.82) is 0 Å². The van der Waals surface area contributed by atoms with Crippen LogP contribution in [0.5, 0.6) is 0 Å². The molecule has 4 nitrogen and oxygen atoms in total. The number of fused-ring (bicyclic) bond motifs is 1. The minimum atomic E-state index is -0.390. The van der Waals surface area contributed by atoms with Gasteiger partial charge >= 0.3 is 0 Å². The first-order chi connectivity index (χ1) is 10.0. The Kier molecular flexibility index (Phi) is 3.78. The number of rotatable bonds is 2. The third-order valence-corrected chi connectivity index (χ3v) is 4.17. The Morgan fingerprint density at radius 3 is 2.62 bits per heavy atom. The molecule has 0 aliphatic carbocycles. The van der Waals surface area contributed by atoms with Crippen molar-refractivity contribution in [1.82, 2.24) is 0 Å². The highest BCUT2D eigenvalue weighted by Crippen LogP contribution is 2.37. The second-order valence-electron chi connectivity index (χ2n) is 5.22. The zero-order valence-corrected chi connectivity index (χ0v) is 13.0. The zero-order valence-electron chi connectivity index (χ0n) is 11.5. The van der Waals surface area contributed by atoms with Crippen molar-refractivity contribution in [2.24, 2.45) is 0 Å². The fraction of sp³-hybridized carbons (Fsp3) is 0.250. The lowest BCUT2D eigenvalue weighted by Crippen LogP contribution is -2.24. The molecule has 3 rings (SSSR count). The van der Waals surface area contributed by atoms with Crippen LogP contribution >= 0.6 is 15.9 Å². The van der Waals surface area contributed by atoms with Crippen LogP contribution in [0.3, 0.4) is 0 Å². The van der Waals surface area contributed by atoms with Crippen LogP contribution in [0.2, 0.25) is 0 Å². The smallest absolute Gasteiger partial charge is 0.269 e. The minimum Gasteiger partial charge on any atom is -0.365 e. The molecule has 2 aromatic rings. The largest absolute Gasteiger partial charge is 0.365 e. The summed E-state index contributed by atoms with van der Waals surface area (Å²) in [6.45, 7) is 2.05. The molecule has 0 saturated carbocycles. The summed E-state index contributed by atoms with van der Waals surface area (Å²) < 4.78 is 7.07. The van der Waals surface area contributed by atoms with Crippen molar-refractivity contribution in [3.8, 4) is 0 Å². The van der Waals surface area contributed by atoms with Gasteiger partial charge in [0.05, 0.1) is 11.0 Å². The molecule has 1 heterocycles. The van der Waals surface area contributed by atoms with E-state index in [1.54, 1.807) is 12.1 Å². The SMILES string of the molecule is CC1Cc2ccc(Br)cc2C(c2ccc([N+](=O)[O-])cc2)O1. The van der Waals surface area contributed by atoms with E-state index in [0.29, 0.717) is 0 Å². The van der Waals surface area contributed by atoms with Gasteiger partial charge in [-0.3, -0.25) is 10.1 Å². The molecule has 2 atom stereocenters. The van der Waals surface area contributed by atoms with E-state index in [2.05, 4.69) is 28.1 Å². The number of hydrogen-bond donors (Lipinski definition) is 0. The summed E-state index contributed by atoms with van der Waals surface area (Å²) in [5.74, 6) is 0. The number of ether oxygens (including phenoxy) is 1. The summed E-state index contributed by atoms with van der Waals surface area (Å²) in [5.41, 5.74) is 3.42. The topological polar surface area (TPSA) is 52.4 Å². The standard InChI is InChI=1S/C16H14BrNO3/c1-10-8-12-2-5-13(17)9-15(12)16(21-10)11-3-6-14(7-4-11)18(19)20/h2-7,9-10,16H,8H2,1H3. The third-order valence-electron chi connectivity index (χ3n) is 3.67. The lowest BCUT2D eigenvalue weighted by molar-refractivity contribution is -0.384. The number of hydrogen-bond acceptors (Lipinski definition) is 3. The molecule has 108 valence electrons. The molecule has 0 bridgehead atoms. The normalized spacial score (nSPS) is 20.9. The Balaban J connectivity index is 2.02. The van der Waals surface area contributed by atoms with Gasteiger partial charge in [0, 0.05) is 16.6 Å². The maximum atomic E-state index is 10.8. The van der Waals surface area contributed by atoms with Crippen LogP contribution in [0.1, 0.15) is 29.7 Å². The Morgan fingerprint density at radius 2 is 1.95 bits per heavy atom. The summed E-state index contributed by atoms with van der Waals surface area (Å²) in [6.07, 6.45) is 0.826. The first-order valence-electron chi connectivity index (χ1n) is 6.73. The quantitative estimate of drug-likeness (QED) is 0.597. The van der Waals surface area contributed by atoms with Crippen molar-refractivity contribution in [3.63, 3.8) is 0 Å². The first kappa shape index (κ1) is 14.2. The van der Waals surface area contributed by atoms with Gasteiger partial charge in [0.25, 0.3) is 5.69 Å². The molecule has 0 saturated heterocycles. The van der Waals surface area contributed by atoms with Gasteiger partial charge in [0.15, 0.2) is 0 Å². The maximum Gasteiger partial charge on any atom is 0.269 e. The van der Waals surface area contributed by atoms with Gasteiger partial charge in [-0.1, -0.05) is 22.0 Å². The lowest BCUT2D eigenvalue weighted by Gasteiger charge is -2.31. The molecule has 5 heteroatoms. The van der Waals surface area contributed by atoms with E-state index in [1.165, 1.54) is 17.7 Å². The molecule has 0 amide bonds. The molecule has 0 fully saturated rings. The van der Waals surface area contributed by atoms with E-state index in [9.17, 15) is 10.1 Å². The highest BCUT2D eigenvalue weighted by Gasteiger charge is 2.27. The second kappa shape index (κ2) is 5.58. The van der Waals surface area contributed by atoms with Gasteiger partial charge in [0.2, 0.25) is 0 Å². The summed E-state index contributed by atoms with van der Waals surface area (Å²) in [5, 5.41) is 10.8. The third kappa shape index (κ3) is 2.84.